The smallest absolute Gasteiger partial charge is 0.267 e. The van der Waals surface area contributed by atoms with Gasteiger partial charge in [0, 0.05) is 36.1 Å². The average molecular weight is 664 g/mol. The third-order valence-electron chi connectivity index (χ3n) is 8.11. The third-order valence-corrected chi connectivity index (χ3v) is 8.86. The van der Waals surface area contributed by atoms with E-state index in [4.69, 9.17) is 0 Å². The highest BCUT2D eigenvalue weighted by atomic mass is 32.1. The SMILES string of the molecule is C/C(=N\Nc1nc(-c2ccc(-c3ccccc3)cc2)cs1)C(=O)NCCCCNc1cccc2c1C(=O)N(C1CCC(=O)NC1=O)C2=O. The second kappa shape index (κ2) is 14.4. The Hall–Kier alpha value is -5.69. The highest BCUT2D eigenvalue weighted by Crippen LogP contribution is 2.32. The van der Waals surface area contributed by atoms with Crippen LogP contribution in [0, 0.1) is 0 Å². The van der Waals surface area contributed by atoms with Crippen LogP contribution in [0.2, 0.25) is 0 Å². The molecule has 244 valence electrons. The fourth-order valence-electron chi connectivity index (χ4n) is 5.57. The molecule has 4 aromatic rings. The molecule has 0 radical (unpaired) electrons. The number of nitrogens with zero attached hydrogens (tertiary/aromatic N) is 3. The number of hydrogen-bond donors (Lipinski definition) is 4. The van der Waals surface area contributed by atoms with E-state index in [0.717, 1.165) is 27.3 Å². The largest absolute Gasteiger partial charge is 0.384 e. The van der Waals surface area contributed by atoms with E-state index in [1.54, 1.807) is 25.1 Å². The fraction of sp³-hybridized carbons (Fsp3) is 0.229. The lowest BCUT2D eigenvalue weighted by Crippen LogP contribution is -2.54. The van der Waals surface area contributed by atoms with Gasteiger partial charge in [-0.25, -0.2) is 4.98 Å². The van der Waals surface area contributed by atoms with Gasteiger partial charge < -0.3 is 10.6 Å². The van der Waals surface area contributed by atoms with Crippen LogP contribution in [0.5, 0.6) is 0 Å². The predicted octanol–water partition coefficient (Wildman–Crippen LogP) is 4.67. The molecule has 6 rings (SSSR count). The Morgan fingerprint density at radius 3 is 2.42 bits per heavy atom. The number of imide groups is 2. The van der Waals surface area contributed by atoms with Gasteiger partial charge in [0.05, 0.1) is 16.8 Å². The van der Waals surface area contributed by atoms with Gasteiger partial charge in [0.25, 0.3) is 17.7 Å². The van der Waals surface area contributed by atoms with E-state index in [1.807, 2.05) is 35.7 Å². The Labute approximate surface area is 280 Å². The number of nitrogens with one attached hydrogen (secondary N) is 4. The van der Waals surface area contributed by atoms with Crippen molar-refractivity contribution in [1.29, 1.82) is 0 Å². The summed E-state index contributed by atoms with van der Waals surface area (Å²) in [5, 5.41) is 15.0. The summed E-state index contributed by atoms with van der Waals surface area (Å²) in [7, 11) is 0. The monoisotopic (exact) mass is 663 g/mol. The van der Waals surface area contributed by atoms with Crippen molar-refractivity contribution in [2.45, 2.75) is 38.6 Å². The van der Waals surface area contributed by atoms with Crippen LogP contribution in [0.3, 0.4) is 0 Å². The summed E-state index contributed by atoms with van der Waals surface area (Å²) >= 11 is 1.40. The zero-order valence-electron chi connectivity index (χ0n) is 26.1. The maximum Gasteiger partial charge on any atom is 0.267 e. The van der Waals surface area contributed by atoms with Crippen LogP contribution in [-0.4, -0.2) is 64.3 Å². The Bertz CT molecular complexity index is 1910. The number of hydrogen-bond acceptors (Lipinski definition) is 10. The molecular formula is C35H33N7O5S. The van der Waals surface area contributed by atoms with E-state index in [2.05, 4.69) is 55.7 Å². The van der Waals surface area contributed by atoms with Gasteiger partial charge in [0.2, 0.25) is 16.9 Å². The Balaban J connectivity index is 0.938. The molecule has 0 aliphatic carbocycles. The van der Waals surface area contributed by atoms with Gasteiger partial charge in [-0.2, -0.15) is 5.10 Å². The summed E-state index contributed by atoms with van der Waals surface area (Å²) < 4.78 is 0. The summed E-state index contributed by atoms with van der Waals surface area (Å²) in [4.78, 5) is 68.2. The molecule has 3 aromatic carbocycles. The maximum absolute atomic E-state index is 13.2. The van der Waals surface area contributed by atoms with E-state index in [-0.39, 0.29) is 35.6 Å². The van der Waals surface area contributed by atoms with Crippen molar-refractivity contribution in [1.82, 2.24) is 20.5 Å². The first-order valence-corrected chi connectivity index (χ1v) is 16.5. The number of aromatic nitrogens is 1. The van der Waals surface area contributed by atoms with Crippen LogP contribution in [0.1, 0.15) is 53.3 Å². The molecule has 4 N–H and O–H groups in total. The van der Waals surface area contributed by atoms with Crippen LogP contribution in [-0.2, 0) is 14.4 Å². The molecular weight excluding hydrogens is 630 g/mol. The molecule has 2 aliphatic rings. The number of rotatable bonds is 12. The van der Waals surface area contributed by atoms with Gasteiger partial charge in [-0.05, 0) is 49.4 Å². The van der Waals surface area contributed by atoms with E-state index in [1.165, 1.54) is 11.3 Å². The number of benzene rings is 3. The van der Waals surface area contributed by atoms with Gasteiger partial charge in [-0.1, -0.05) is 60.7 Å². The normalized spacial score (nSPS) is 16.1. The molecule has 12 nitrogen and oxygen atoms in total. The van der Waals surface area contributed by atoms with Crippen LogP contribution in [0.4, 0.5) is 10.8 Å². The first-order valence-electron chi connectivity index (χ1n) is 15.6. The molecule has 1 atom stereocenters. The average Bonchev–Trinajstić information content (AvgIpc) is 3.68. The summed E-state index contributed by atoms with van der Waals surface area (Å²) in [5.41, 5.74) is 8.14. The number of carbonyl (C=O) groups is 5. The molecule has 1 fully saturated rings. The van der Waals surface area contributed by atoms with Gasteiger partial charge in [0.1, 0.15) is 11.8 Å². The highest BCUT2D eigenvalue weighted by Gasteiger charge is 2.45. The number of fused-ring (bicyclic) bond motifs is 1. The van der Waals surface area contributed by atoms with E-state index < -0.39 is 29.7 Å². The van der Waals surface area contributed by atoms with E-state index in [9.17, 15) is 24.0 Å². The molecule has 13 heteroatoms. The Kier molecular flexibility index (Phi) is 9.67. The van der Waals surface area contributed by atoms with Crippen molar-refractivity contribution >= 4 is 57.4 Å². The topological polar surface area (TPSA) is 162 Å². The maximum atomic E-state index is 13.2. The van der Waals surface area contributed by atoms with Crippen LogP contribution in [0.25, 0.3) is 22.4 Å². The molecule has 0 bridgehead atoms. The number of amides is 5. The Morgan fingerprint density at radius 2 is 1.65 bits per heavy atom. The lowest BCUT2D eigenvalue weighted by atomic mass is 10.0. The van der Waals surface area contributed by atoms with Gasteiger partial charge in [-0.3, -0.25) is 39.6 Å². The molecule has 5 amide bonds. The molecule has 1 saturated heterocycles. The Morgan fingerprint density at radius 1 is 0.917 bits per heavy atom. The third kappa shape index (κ3) is 7.00. The lowest BCUT2D eigenvalue weighted by Gasteiger charge is -2.27. The van der Waals surface area contributed by atoms with Gasteiger partial charge in [0.15, 0.2) is 0 Å². The summed E-state index contributed by atoms with van der Waals surface area (Å²) in [5.74, 6) is -2.48. The first kappa shape index (κ1) is 32.3. The lowest BCUT2D eigenvalue weighted by molar-refractivity contribution is -0.136. The van der Waals surface area contributed by atoms with Crippen LogP contribution < -0.4 is 21.4 Å². The molecule has 1 aromatic heterocycles. The molecule has 0 saturated carbocycles. The fourth-order valence-corrected chi connectivity index (χ4v) is 6.23. The second-order valence-corrected chi connectivity index (χ2v) is 12.2. The highest BCUT2D eigenvalue weighted by molar-refractivity contribution is 7.14. The number of unbranched alkanes of at least 4 members (excludes halogenated alkanes) is 1. The van der Waals surface area contributed by atoms with Gasteiger partial charge in [-0.15, -0.1) is 11.3 Å². The summed E-state index contributed by atoms with van der Waals surface area (Å²) in [6.07, 6.45) is 1.49. The zero-order chi connectivity index (χ0) is 33.6. The summed E-state index contributed by atoms with van der Waals surface area (Å²) in [6.45, 7) is 2.52. The molecule has 48 heavy (non-hydrogen) atoms. The number of piperidine rings is 1. The summed E-state index contributed by atoms with van der Waals surface area (Å²) in [6, 6.07) is 22.3. The number of hydrazone groups is 1. The zero-order valence-corrected chi connectivity index (χ0v) is 26.9. The number of thiazole rings is 1. The van der Waals surface area contributed by atoms with Crippen LogP contribution in [0.15, 0.2) is 83.3 Å². The van der Waals surface area contributed by atoms with E-state index >= 15 is 0 Å². The number of anilines is 2. The second-order valence-electron chi connectivity index (χ2n) is 11.4. The molecule has 0 spiro atoms. The predicted molar refractivity (Wildman–Crippen MR) is 184 cm³/mol. The quantitative estimate of drug-likeness (QED) is 0.0736. The van der Waals surface area contributed by atoms with Crippen molar-refractivity contribution in [3.05, 3.63) is 89.3 Å². The standard InChI is InChI=1S/C35H33N7O5S/c1-21(40-41-35-38-27(20-48-35)24-14-12-23(13-15-24)22-8-3-2-4-9-22)31(44)37-19-6-5-18-36-26-11-7-10-25-30(26)34(47)42(33(25)46)28-16-17-29(43)39-32(28)45/h2-4,7-15,20,28,36H,5-6,16-19H2,1H3,(H,37,44)(H,38,41)(H,39,43,45)/b40-21+. The first-order chi connectivity index (χ1) is 23.3. The van der Waals surface area contributed by atoms with E-state index in [0.29, 0.717) is 36.8 Å². The molecule has 3 heterocycles. The van der Waals surface area contributed by atoms with Gasteiger partial charge >= 0.3 is 0 Å². The molecule has 2 aliphatic heterocycles. The van der Waals surface area contributed by atoms with Crippen molar-refractivity contribution in [3.63, 3.8) is 0 Å². The number of carbonyl (C=O) groups excluding carboxylic acids is 5. The van der Waals surface area contributed by atoms with Crippen LogP contribution >= 0.6 is 11.3 Å². The van der Waals surface area contributed by atoms with Crippen molar-refractivity contribution < 1.29 is 24.0 Å². The van der Waals surface area contributed by atoms with Crippen molar-refractivity contribution in [2.24, 2.45) is 5.10 Å². The minimum atomic E-state index is -1.02. The molecule has 1 unspecified atom stereocenters. The van der Waals surface area contributed by atoms with Crippen molar-refractivity contribution in [3.8, 4) is 22.4 Å². The minimum absolute atomic E-state index is 0.0611. The van der Waals surface area contributed by atoms with Crippen molar-refractivity contribution in [2.75, 3.05) is 23.8 Å². The minimum Gasteiger partial charge on any atom is -0.384 e.